The van der Waals surface area contributed by atoms with Gasteiger partial charge in [0.25, 0.3) is 11.8 Å². The van der Waals surface area contributed by atoms with Gasteiger partial charge in [-0.15, -0.1) is 0 Å². The van der Waals surface area contributed by atoms with E-state index in [1.807, 2.05) is 54.7 Å². The van der Waals surface area contributed by atoms with Gasteiger partial charge in [-0.05, 0) is 47.0 Å². The van der Waals surface area contributed by atoms with Gasteiger partial charge in [0, 0.05) is 62.5 Å². The molecule has 1 aliphatic heterocycles. The molecule has 2 aromatic heterocycles. The SMILES string of the molecule is CN1CCN(C(=O)c2cncnc2)CCOc2ccc(-c3cccnc3)cc2Cc2cccc(c2)C1=O. The number of aromatic nitrogens is 3. The summed E-state index contributed by atoms with van der Waals surface area (Å²) in [5.74, 6) is 0.454. The lowest BCUT2D eigenvalue weighted by Gasteiger charge is -2.26. The fourth-order valence-electron chi connectivity index (χ4n) is 4.37. The summed E-state index contributed by atoms with van der Waals surface area (Å²) in [6, 6.07) is 17.7. The van der Waals surface area contributed by atoms with Crippen LogP contribution >= 0.6 is 0 Å². The van der Waals surface area contributed by atoms with E-state index >= 15 is 0 Å². The highest BCUT2D eigenvalue weighted by molar-refractivity contribution is 5.95. The zero-order valence-corrected chi connectivity index (χ0v) is 20.6. The zero-order chi connectivity index (χ0) is 25.6. The average Bonchev–Trinajstić information content (AvgIpc) is 2.95. The maximum atomic E-state index is 13.2. The Morgan fingerprint density at radius 3 is 2.51 bits per heavy atom. The molecule has 0 fully saturated rings. The Labute approximate surface area is 215 Å². The lowest BCUT2D eigenvalue weighted by atomic mass is 9.98. The van der Waals surface area contributed by atoms with Crippen LogP contribution in [0.5, 0.6) is 5.75 Å². The summed E-state index contributed by atoms with van der Waals surface area (Å²) in [5.41, 5.74) is 5.06. The molecule has 2 amide bonds. The van der Waals surface area contributed by atoms with Crippen molar-refractivity contribution in [2.75, 3.05) is 33.3 Å². The van der Waals surface area contributed by atoms with Crippen molar-refractivity contribution in [1.29, 1.82) is 0 Å². The molecule has 3 heterocycles. The highest BCUT2D eigenvalue weighted by Crippen LogP contribution is 2.29. The maximum Gasteiger partial charge on any atom is 0.257 e. The number of carbonyl (C=O) groups excluding carboxylic acids is 2. The molecule has 8 heteroatoms. The quantitative estimate of drug-likeness (QED) is 0.423. The number of hydrogen-bond donors (Lipinski definition) is 0. The first kappa shape index (κ1) is 24.1. The number of likely N-dealkylation sites (N-methyl/N-ethyl adjacent to an activating group) is 1. The van der Waals surface area contributed by atoms with E-state index < -0.39 is 0 Å². The van der Waals surface area contributed by atoms with E-state index in [1.54, 1.807) is 23.0 Å². The number of amides is 2. The molecule has 0 unspecified atom stereocenters. The minimum Gasteiger partial charge on any atom is -0.491 e. The number of pyridine rings is 1. The molecule has 0 aliphatic carbocycles. The molecule has 0 radical (unpaired) electrons. The van der Waals surface area contributed by atoms with E-state index in [-0.39, 0.29) is 11.8 Å². The fraction of sp³-hybridized carbons (Fsp3) is 0.207. The first-order valence-electron chi connectivity index (χ1n) is 12.1. The van der Waals surface area contributed by atoms with Crippen molar-refractivity contribution in [2.24, 2.45) is 0 Å². The summed E-state index contributed by atoms with van der Waals surface area (Å²) >= 11 is 0. The highest BCUT2D eigenvalue weighted by atomic mass is 16.5. The molecular weight excluding hydrogens is 466 g/mol. The summed E-state index contributed by atoms with van der Waals surface area (Å²) in [5, 5.41) is 0. The Bertz CT molecular complexity index is 1400. The van der Waals surface area contributed by atoms with Crippen molar-refractivity contribution in [3.05, 3.63) is 108 Å². The predicted molar refractivity (Wildman–Crippen MR) is 139 cm³/mol. The number of benzene rings is 2. The van der Waals surface area contributed by atoms with Gasteiger partial charge >= 0.3 is 0 Å². The normalized spacial score (nSPS) is 14.4. The van der Waals surface area contributed by atoms with E-state index in [9.17, 15) is 9.59 Å². The molecular formula is C29H27N5O3. The van der Waals surface area contributed by atoms with Crippen molar-refractivity contribution < 1.29 is 14.3 Å². The molecule has 0 saturated heterocycles. The van der Waals surface area contributed by atoms with Crippen molar-refractivity contribution in [3.8, 4) is 16.9 Å². The van der Waals surface area contributed by atoms with Gasteiger partial charge in [0.2, 0.25) is 0 Å². The van der Waals surface area contributed by atoms with Crippen molar-refractivity contribution in [1.82, 2.24) is 24.8 Å². The monoisotopic (exact) mass is 493 g/mol. The third-order valence-electron chi connectivity index (χ3n) is 6.39. The van der Waals surface area contributed by atoms with Gasteiger partial charge in [-0.1, -0.05) is 24.3 Å². The molecule has 2 bridgehead atoms. The van der Waals surface area contributed by atoms with E-state index in [0.717, 1.165) is 28.0 Å². The first-order chi connectivity index (χ1) is 18.1. The predicted octanol–water partition coefficient (Wildman–Crippen LogP) is 3.74. The van der Waals surface area contributed by atoms with E-state index in [4.69, 9.17) is 4.74 Å². The third-order valence-corrected chi connectivity index (χ3v) is 6.39. The fourth-order valence-corrected chi connectivity index (χ4v) is 4.37. The highest BCUT2D eigenvalue weighted by Gasteiger charge is 2.20. The first-order valence-corrected chi connectivity index (χ1v) is 12.1. The van der Waals surface area contributed by atoms with E-state index in [1.165, 1.54) is 18.7 Å². The standard InChI is InChI=1S/C29H27N5O3/c1-33-10-11-34(29(36)26-18-31-20-32-19-26)12-13-37-27-8-7-22(24-6-3-9-30-17-24)16-25(27)15-21-4-2-5-23(14-21)28(33)35/h2-9,14,16-20H,10-13,15H2,1H3. The topological polar surface area (TPSA) is 88.5 Å². The van der Waals surface area contributed by atoms with Gasteiger partial charge in [-0.25, -0.2) is 9.97 Å². The lowest BCUT2D eigenvalue weighted by molar-refractivity contribution is 0.0667. The summed E-state index contributed by atoms with van der Waals surface area (Å²) < 4.78 is 6.24. The molecule has 0 N–H and O–H groups in total. The Kier molecular flexibility index (Phi) is 7.16. The Hall–Kier alpha value is -4.59. The Morgan fingerprint density at radius 2 is 1.70 bits per heavy atom. The third kappa shape index (κ3) is 5.64. The van der Waals surface area contributed by atoms with Crippen LogP contribution in [-0.4, -0.2) is 69.9 Å². The number of carbonyl (C=O) groups is 2. The van der Waals surface area contributed by atoms with Crippen LogP contribution in [0.2, 0.25) is 0 Å². The van der Waals surface area contributed by atoms with Gasteiger partial charge in [0.05, 0.1) is 12.1 Å². The van der Waals surface area contributed by atoms with E-state index in [2.05, 4.69) is 21.0 Å². The van der Waals surface area contributed by atoms with Crippen molar-refractivity contribution >= 4 is 11.8 Å². The second-order valence-corrected chi connectivity index (χ2v) is 8.94. The van der Waals surface area contributed by atoms with Gasteiger partial charge in [0.1, 0.15) is 18.7 Å². The molecule has 8 nitrogen and oxygen atoms in total. The summed E-state index contributed by atoms with van der Waals surface area (Å²) in [4.78, 5) is 41.9. The van der Waals surface area contributed by atoms with Crippen LogP contribution in [0.1, 0.15) is 31.8 Å². The number of ether oxygens (including phenoxy) is 1. The van der Waals surface area contributed by atoms with E-state index in [0.29, 0.717) is 43.8 Å². The van der Waals surface area contributed by atoms with Crippen LogP contribution in [0, 0.1) is 0 Å². The smallest absolute Gasteiger partial charge is 0.257 e. The summed E-state index contributed by atoms with van der Waals surface area (Å²) in [6.45, 7) is 1.39. The van der Waals surface area contributed by atoms with Gasteiger partial charge in [-0.3, -0.25) is 14.6 Å². The number of nitrogens with zero attached hydrogens (tertiary/aromatic N) is 5. The van der Waals surface area contributed by atoms with Crippen LogP contribution in [0.4, 0.5) is 0 Å². The maximum absolute atomic E-state index is 13.2. The summed E-state index contributed by atoms with van der Waals surface area (Å²) in [6.07, 6.45) is 8.56. The second-order valence-electron chi connectivity index (χ2n) is 8.94. The number of hydrogen-bond acceptors (Lipinski definition) is 6. The van der Waals surface area contributed by atoms with Gasteiger partial charge < -0.3 is 14.5 Å². The molecule has 0 spiro atoms. The van der Waals surface area contributed by atoms with Crippen LogP contribution in [0.25, 0.3) is 11.1 Å². The van der Waals surface area contributed by atoms with Gasteiger partial charge in [-0.2, -0.15) is 0 Å². The Balaban J connectivity index is 1.50. The number of fused-ring (bicyclic) bond motifs is 3. The average molecular weight is 494 g/mol. The minimum absolute atomic E-state index is 0.0880. The molecule has 1 aliphatic rings. The molecule has 2 aromatic carbocycles. The largest absolute Gasteiger partial charge is 0.491 e. The zero-order valence-electron chi connectivity index (χ0n) is 20.6. The molecule has 186 valence electrons. The van der Waals surface area contributed by atoms with Crippen LogP contribution in [0.15, 0.2) is 85.7 Å². The summed E-state index contributed by atoms with van der Waals surface area (Å²) in [7, 11) is 1.75. The molecule has 4 aromatic rings. The van der Waals surface area contributed by atoms with Crippen LogP contribution < -0.4 is 4.74 Å². The molecule has 37 heavy (non-hydrogen) atoms. The molecule has 0 saturated carbocycles. The van der Waals surface area contributed by atoms with Crippen LogP contribution in [0.3, 0.4) is 0 Å². The molecule has 0 atom stereocenters. The van der Waals surface area contributed by atoms with Crippen molar-refractivity contribution in [3.63, 3.8) is 0 Å². The van der Waals surface area contributed by atoms with Gasteiger partial charge in [0.15, 0.2) is 0 Å². The van der Waals surface area contributed by atoms with Crippen LogP contribution in [-0.2, 0) is 6.42 Å². The minimum atomic E-state index is -0.203. The Morgan fingerprint density at radius 1 is 0.865 bits per heavy atom. The van der Waals surface area contributed by atoms with Crippen molar-refractivity contribution in [2.45, 2.75) is 6.42 Å². The number of rotatable bonds is 2. The molecule has 5 rings (SSSR count). The lowest BCUT2D eigenvalue weighted by Crippen LogP contribution is -2.41. The second kappa shape index (κ2) is 11.0.